The molecule has 2 aromatic carbocycles. The monoisotopic (exact) mass is 1000 g/mol. The van der Waals surface area contributed by atoms with Gasteiger partial charge < -0.3 is 36.4 Å². The maximum Gasteiger partial charge on any atom is 1.00 e. The number of aromatic hydroxyl groups is 1. The van der Waals surface area contributed by atoms with E-state index in [1.165, 1.54) is 58.2 Å². The van der Waals surface area contributed by atoms with Crippen molar-refractivity contribution in [3.8, 4) is 35.4 Å². The number of nitrogens with zero attached hydrogens (tertiary/aromatic N) is 17. The van der Waals surface area contributed by atoms with Crippen LogP contribution in [0.1, 0.15) is 79.2 Å². The van der Waals surface area contributed by atoms with Crippen molar-refractivity contribution in [1.82, 2.24) is 54.1 Å². The summed E-state index contributed by atoms with van der Waals surface area (Å²) in [5, 5.41) is 78.8. The fraction of sp³-hybridized carbons (Fsp3) is 0.205. The third-order valence-corrected chi connectivity index (χ3v) is 8.90. The summed E-state index contributed by atoms with van der Waals surface area (Å²) >= 11 is 0. The number of azo groups is 2. The molecule has 7 rings (SSSR count). The van der Waals surface area contributed by atoms with Gasteiger partial charge in [-0.25, -0.2) is 4.85 Å². The molecule has 0 atom stereocenters. The van der Waals surface area contributed by atoms with Crippen LogP contribution in [-0.4, -0.2) is 71.1 Å². The maximum absolute atomic E-state index is 11.5. The van der Waals surface area contributed by atoms with Crippen molar-refractivity contribution in [1.29, 1.82) is 5.26 Å². The molecule has 28 heteroatoms. The van der Waals surface area contributed by atoms with E-state index < -0.39 is 28.8 Å². The van der Waals surface area contributed by atoms with Gasteiger partial charge in [0.2, 0.25) is 0 Å². The van der Waals surface area contributed by atoms with Crippen LogP contribution >= 0.6 is 0 Å². The van der Waals surface area contributed by atoms with Gasteiger partial charge >= 0.3 is 212 Å². The second-order valence-electron chi connectivity index (χ2n) is 15.4. The first-order valence-electron chi connectivity index (χ1n) is 18.3. The number of carboxylic acids is 2. The van der Waals surface area contributed by atoms with E-state index in [1.54, 1.807) is 0 Å². The summed E-state index contributed by atoms with van der Waals surface area (Å²) in [5.41, 5.74) is 12.5. The summed E-state index contributed by atoms with van der Waals surface area (Å²) in [7, 11) is 0. The molecular weight excluding hydrogens is 971 g/mol. The van der Waals surface area contributed by atoms with Gasteiger partial charge in [0.1, 0.15) is 11.6 Å². The second kappa shape index (κ2) is 24.0. The van der Waals surface area contributed by atoms with Crippen LogP contribution in [0.2, 0.25) is 0 Å². The van der Waals surface area contributed by atoms with Crippen LogP contribution in [0.5, 0.6) is 6.01 Å². The Kier molecular flexibility index (Phi) is 21.0. The number of rotatable bonds is 10. The third-order valence-electron chi connectivity index (χ3n) is 8.90. The van der Waals surface area contributed by atoms with Crippen LogP contribution in [-0.2, 0) is 10.8 Å². The predicted molar refractivity (Wildman–Crippen MR) is 215 cm³/mol. The maximum atomic E-state index is 11.5. The minimum atomic E-state index is -1.45. The normalized spacial score (nSPS) is 11.2. The largest absolute Gasteiger partial charge is 1.00 e. The molecule has 0 spiro atoms. The molecule has 0 unspecified atom stereocenters. The molecule has 0 saturated heterocycles. The topological polar surface area (TPSA) is 340 Å². The number of aromatic carboxylic acids is 2. The predicted octanol–water partition coefficient (Wildman–Crippen LogP) is -8.32. The number of nitrogens with two attached hydrogens (primary N) is 2. The number of hydrogen-bond donors (Lipinski definition) is 3. The Balaban J connectivity index is 0.00000298. The molecule has 0 saturated carbocycles. The SMILES string of the molecule is [C-]#[N+]c1cnn(-c2c[c-]cc(C(=O)[O-])c2)c1N=Nc1c(C(C)(C)C)nn(-c2nc(O)nc(-n3nc(C(C)(C)C)c(N=Nc4c(C#N)cnn4-c4c[c-]cc(C(=O)[O-])c4)c3N)n2)c1N.[K+].[K+].[K+].[K+]. The van der Waals surface area contributed by atoms with Crippen LogP contribution in [0.3, 0.4) is 0 Å². The van der Waals surface area contributed by atoms with Gasteiger partial charge in [0, 0.05) is 22.8 Å². The van der Waals surface area contributed by atoms with E-state index in [0.29, 0.717) is 11.4 Å². The minimum Gasteiger partial charge on any atom is -0.559 e. The Hall–Kier alpha value is -2.64. The zero-order valence-corrected chi connectivity index (χ0v) is 50.4. The van der Waals surface area contributed by atoms with Gasteiger partial charge in [-0.3, -0.25) is 9.36 Å². The number of nitriles is 1. The number of aromatic nitrogens is 11. The molecule has 67 heavy (non-hydrogen) atoms. The van der Waals surface area contributed by atoms with Crippen molar-refractivity contribution in [3.63, 3.8) is 0 Å². The van der Waals surface area contributed by atoms with Crippen LogP contribution in [0.15, 0.2) is 69.2 Å². The Morgan fingerprint density at radius 2 is 1.15 bits per heavy atom. The summed E-state index contributed by atoms with van der Waals surface area (Å²) in [5.74, 6) is -3.90. The zero-order valence-electron chi connectivity index (χ0n) is 38.0. The van der Waals surface area contributed by atoms with E-state index in [-0.39, 0.29) is 286 Å². The van der Waals surface area contributed by atoms with Crippen molar-refractivity contribution < 1.29 is 230 Å². The number of carbonyl (C=O) groups is 2. The summed E-state index contributed by atoms with van der Waals surface area (Å²) < 4.78 is 4.58. The molecule has 0 aliphatic carbocycles. The summed E-state index contributed by atoms with van der Waals surface area (Å²) in [4.78, 5) is 39.1. The Bertz CT molecular complexity index is 2940. The van der Waals surface area contributed by atoms with Crippen molar-refractivity contribution in [2.45, 2.75) is 52.4 Å². The Labute approximate surface area is 551 Å². The molecule has 7 aromatic rings. The quantitative estimate of drug-likeness (QED) is 0.0651. The van der Waals surface area contributed by atoms with Gasteiger partial charge in [-0.15, -0.1) is 43.7 Å². The van der Waals surface area contributed by atoms with Gasteiger partial charge in [-0.1, -0.05) is 41.5 Å². The van der Waals surface area contributed by atoms with E-state index in [2.05, 4.69) is 72.8 Å². The van der Waals surface area contributed by atoms with Crippen molar-refractivity contribution in [2.75, 3.05) is 11.5 Å². The van der Waals surface area contributed by atoms with E-state index in [1.807, 2.05) is 47.6 Å². The average molecular weight is 1000 g/mol. The number of nitrogen functional groups attached to an aromatic ring is 2. The second-order valence-corrected chi connectivity index (χ2v) is 15.4. The molecule has 5 N–H and O–H groups in total. The van der Waals surface area contributed by atoms with Gasteiger partial charge in [-0.05, 0) is 11.4 Å². The van der Waals surface area contributed by atoms with Gasteiger partial charge in [0.25, 0.3) is 17.6 Å². The molecule has 5 aromatic heterocycles. The summed E-state index contributed by atoms with van der Waals surface area (Å²) in [6, 6.07) is 14.5. The molecule has 0 aliphatic heterocycles. The fourth-order valence-corrected chi connectivity index (χ4v) is 5.89. The Morgan fingerprint density at radius 3 is 1.57 bits per heavy atom. The minimum absolute atomic E-state index is 0. The number of benzene rings is 2. The molecule has 0 radical (unpaired) electrons. The molecule has 0 bridgehead atoms. The van der Waals surface area contributed by atoms with E-state index >= 15 is 0 Å². The molecular formula is C39H31K4N19O5. The Morgan fingerprint density at radius 1 is 0.716 bits per heavy atom. The first-order valence-corrected chi connectivity index (χ1v) is 18.3. The molecule has 24 nitrogen and oxygen atoms in total. The summed E-state index contributed by atoms with van der Waals surface area (Å²) in [6.45, 7) is 18.6. The van der Waals surface area contributed by atoms with Gasteiger partial charge in [0.05, 0.1) is 30.4 Å². The zero-order chi connectivity index (χ0) is 45.5. The molecule has 5 heterocycles. The van der Waals surface area contributed by atoms with Crippen molar-refractivity contribution >= 4 is 52.3 Å². The van der Waals surface area contributed by atoms with Crippen LogP contribution in [0.25, 0.3) is 28.1 Å². The third kappa shape index (κ3) is 12.6. The first-order chi connectivity index (χ1) is 29.8. The van der Waals surface area contributed by atoms with Gasteiger partial charge in [0.15, 0.2) is 34.6 Å². The van der Waals surface area contributed by atoms with E-state index in [0.717, 1.165) is 9.36 Å². The number of carboxylic acid groups (broad SMARTS) is 2. The fourth-order valence-electron chi connectivity index (χ4n) is 5.89. The number of hydrogen-bond acceptors (Lipinski definition) is 19. The van der Waals surface area contributed by atoms with Crippen LogP contribution in [0, 0.1) is 30.0 Å². The van der Waals surface area contributed by atoms with E-state index in [4.69, 9.17) is 18.0 Å². The van der Waals surface area contributed by atoms with Crippen LogP contribution in [0.4, 0.5) is 40.3 Å². The number of anilines is 2. The standard InChI is InChI=1S/C39H33N19O5.4K/c1-38(2,3)27-25(49-51-31-21(16-40)17-44-55(31)22-12-8-10-19(14-22)33(59)60)29(41)57(53-27)35-46-36(48-37(63)47-35)58-30(42)26(28(54-58)39(4,5)6)50-52-32-24(43-7)18-45-56(32)23-13-9-11-20(15-23)34(61)62;;;;/h10-15,17-18H,41-42H2,1-6H3,(H,59,60)(H,61,62)(H,46,47,48,63);;;;/q-2;4*+1/p-2. The first kappa shape index (κ1) is 58.7. The molecule has 0 aliphatic rings. The van der Waals surface area contributed by atoms with Crippen LogP contribution < -0.4 is 227 Å². The molecule has 316 valence electrons. The smallest absolute Gasteiger partial charge is 0.559 e. The van der Waals surface area contributed by atoms with E-state index in [9.17, 15) is 30.2 Å². The summed E-state index contributed by atoms with van der Waals surface area (Å²) in [6.07, 6.45) is 2.46. The average Bonchev–Trinajstić information content (AvgIpc) is 4.01. The molecule has 0 fully saturated rings. The van der Waals surface area contributed by atoms with Crippen molar-refractivity contribution in [3.05, 3.63) is 100 Å². The number of carbonyl (C=O) groups excluding carboxylic acids is 2. The van der Waals surface area contributed by atoms with Gasteiger partial charge in [-0.2, -0.15) is 86.4 Å². The molecule has 0 amide bonds. The van der Waals surface area contributed by atoms with Crippen molar-refractivity contribution in [2.24, 2.45) is 20.5 Å².